The van der Waals surface area contributed by atoms with Crippen molar-refractivity contribution < 1.29 is 39.8 Å². The van der Waals surface area contributed by atoms with Crippen molar-refractivity contribution in [3.8, 4) is 0 Å². The molecule has 1 fully saturated rings. The zero-order valence-electron chi connectivity index (χ0n) is 35.0. The summed E-state index contributed by atoms with van der Waals surface area (Å²) in [7, 11) is 0. The lowest BCUT2D eigenvalue weighted by Gasteiger charge is -2.40. The number of carbonyl (C=O) groups excluding carboxylic acids is 1. The summed E-state index contributed by atoms with van der Waals surface area (Å²) >= 11 is 0. The molecule has 0 aromatic heterocycles. The molecule has 0 aliphatic carbocycles. The van der Waals surface area contributed by atoms with Crippen LogP contribution in [0.4, 0.5) is 0 Å². The van der Waals surface area contributed by atoms with Crippen molar-refractivity contribution in [3.63, 3.8) is 0 Å². The molecule has 0 radical (unpaired) electrons. The summed E-state index contributed by atoms with van der Waals surface area (Å²) < 4.78 is 11.2. The molecule has 1 aliphatic heterocycles. The van der Waals surface area contributed by atoms with Crippen molar-refractivity contribution in [2.45, 2.75) is 256 Å². The Kier molecular flexibility index (Phi) is 34.2. The van der Waals surface area contributed by atoms with E-state index in [-0.39, 0.29) is 12.5 Å². The second-order valence-electron chi connectivity index (χ2n) is 16.2. The zero-order valence-corrected chi connectivity index (χ0v) is 35.0. The van der Waals surface area contributed by atoms with Gasteiger partial charge in [0.2, 0.25) is 5.91 Å². The molecule has 0 aromatic carbocycles. The van der Waals surface area contributed by atoms with Crippen LogP contribution in [0.2, 0.25) is 0 Å². The average Bonchev–Trinajstić information content (AvgIpc) is 3.17. The first kappa shape index (κ1) is 50.9. The monoisotopic (exact) mass is 770 g/mol. The lowest BCUT2D eigenvalue weighted by atomic mass is 9.99. The highest BCUT2D eigenvalue weighted by Crippen LogP contribution is 2.23. The first-order valence-electron chi connectivity index (χ1n) is 22.9. The summed E-state index contributed by atoms with van der Waals surface area (Å²) in [5.41, 5.74) is 0. The maximum Gasteiger partial charge on any atom is 0.220 e. The standard InChI is InChI=1S/C45H87NO8/c1-3-5-7-9-11-13-15-16-17-18-19-20-21-22-23-24-25-26-28-30-32-34-39(48)38(37-53-45-44(52)43(51)42(50)40(36-47)54-45)46-41(49)35-33-31-29-27-14-12-10-8-6-4-2/h10,12,38-40,42-45,47-48,50-52H,3-9,11,13-37H2,1-2H3,(H,46,49)/b12-10-. The third-order valence-electron chi connectivity index (χ3n) is 11.1. The number of rotatable bonds is 38. The normalized spacial score (nSPS) is 21.5. The maximum atomic E-state index is 12.9. The summed E-state index contributed by atoms with van der Waals surface area (Å²) in [4.78, 5) is 12.9. The largest absolute Gasteiger partial charge is 0.394 e. The van der Waals surface area contributed by atoms with E-state index < -0.39 is 49.5 Å². The minimum atomic E-state index is -1.55. The number of allylic oxidation sites excluding steroid dienone is 2. The van der Waals surface area contributed by atoms with Crippen molar-refractivity contribution in [3.05, 3.63) is 12.2 Å². The van der Waals surface area contributed by atoms with Crippen molar-refractivity contribution in [2.75, 3.05) is 13.2 Å². The van der Waals surface area contributed by atoms with Gasteiger partial charge in [-0.25, -0.2) is 0 Å². The molecule has 1 saturated heterocycles. The Hall–Kier alpha value is -1.07. The van der Waals surface area contributed by atoms with Gasteiger partial charge < -0.3 is 40.3 Å². The molecule has 0 spiro atoms. The van der Waals surface area contributed by atoms with Crippen molar-refractivity contribution in [2.24, 2.45) is 0 Å². The molecule has 9 nitrogen and oxygen atoms in total. The summed E-state index contributed by atoms with van der Waals surface area (Å²) in [5, 5.41) is 54.2. The molecule has 9 heteroatoms. The van der Waals surface area contributed by atoms with Gasteiger partial charge >= 0.3 is 0 Å². The molecule has 54 heavy (non-hydrogen) atoms. The number of carbonyl (C=O) groups is 1. The third-order valence-corrected chi connectivity index (χ3v) is 11.1. The number of ether oxygens (including phenoxy) is 2. The third kappa shape index (κ3) is 26.7. The molecule has 0 aromatic rings. The average molecular weight is 770 g/mol. The Bertz CT molecular complexity index is 858. The van der Waals surface area contributed by atoms with E-state index in [4.69, 9.17) is 9.47 Å². The predicted molar refractivity (Wildman–Crippen MR) is 221 cm³/mol. The molecule has 7 unspecified atom stereocenters. The van der Waals surface area contributed by atoms with Gasteiger partial charge in [-0.15, -0.1) is 0 Å². The molecule has 1 heterocycles. The fourth-order valence-electron chi connectivity index (χ4n) is 7.38. The second kappa shape index (κ2) is 36.3. The van der Waals surface area contributed by atoms with Crippen LogP contribution < -0.4 is 5.32 Å². The number of unbranched alkanes of at least 4 members (excludes halogenated alkanes) is 26. The summed E-state index contributed by atoms with van der Waals surface area (Å²) in [5.74, 6) is -0.158. The lowest BCUT2D eigenvalue weighted by molar-refractivity contribution is -0.302. The number of amides is 1. The molecule has 1 aliphatic rings. The number of hydrogen-bond donors (Lipinski definition) is 6. The van der Waals surface area contributed by atoms with Gasteiger partial charge in [0.1, 0.15) is 24.4 Å². The van der Waals surface area contributed by atoms with Crippen molar-refractivity contribution in [1.82, 2.24) is 5.32 Å². The van der Waals surface area contributed by atoms with Crippen LogP contribution in [-0.2, 0) is 14.3 Å². The highest BCUT2D eigenvalue weighted by Gasteiger charge is 2.44. The highest BCUT2D eigenvalue weighted by molar-refractivity contribution is 5.76. The van der Waals surface area contributed by atoms with Crippen LogP contribution in [0.15, 0.2) is 12.2 Å². The number of nitrogens with one attached hydrogen (secondary N) is 1. The van der Waals surface area contributed by atoms with Gasteiger partial charge in [0.25, 0.3) is 0 Å². The molecule has 6 N–H and O–H groups in total. The molecular formula is C45H87NO8. The van der Waals surface area contributed by atoms with Gasteiger partial charge in [-0.2, -0.15) is 0 Å². The smallest absolute Gasteiger partial charge is 0.220 e. The molecule has 0 bridgehead atoms. The fourth-order valence-corrected chi connectivity index (χ4v) is 7.38. The number of aliphatic hydroxyl groups excluding tert-OH is 5. The maximum absolute atomic E-state index is 12.9. The van der Waals surface area contributed by atoms with Gasteiger partial charge in [0, 0.05) is 6.42 Å². The van der Waals surface area contributed by atoms with Crippen LogP contribution in [0.25, 0.3) is 0 Å². The van der Waals surface area contributed by atoms with E-state index in [1.54, 1.807) is 0 Å². The van der Waals surface area contributed by atoms with E-state index in [0.717, 1.165) is 57.8 Å². The number of hydrogen-bond acceptors (Lipinski definition) is 8. The van der Waals surface area contributed by atoms with E-state index in [9.17, 15) is 30.3 Å². The minimum absolute atomic E-state index is 0.140. The van der Waals surface area contributed by atoms with Crippen LogP contribution in [0.5, 0.6) is 0 Å². The second-order valence-corrected chi connectivity index (χ2v) is 16.2. The topological polar surface area (TPSA) is 149 Å². The first-order chi connectivity index (χ1) is 26.3. The van der Waals surface area contributed by atoms with Crippen LogP contribution in [0, 0.1) is 0 Å². The summed E-state index contributed by atoms with van der Waals surface area (Å²) in [6.45, 7) is 3.78. The van der Waals surface area contributed by atoms with Crippen LogP contribution in [-0.4, -0.2) is 87.5 Å². The molecule has 0 saturated carbocycles. The molecule has 7 atom stereocenters. The minimum Gasteiger partial charge on any atom is -0.394 e. The van der Waals surface area contributed by atoms with Crippen LogP contribution >= 0.6 is 0 Å². The molecule has 1 amide bonds. The SMILES string of the molecule is CCCC/C=C\CCCCCCC(=O)NC(COC1OC(CO)C(O)C(O)C1O)C(O)CCCCCCCCCCCCCCCCCCCCCCC. The summed E-state index contributed by atoms with van der Waals surface area (Å²) in [6.07, 6.45) is 33.7. The molecular weight excluding hydrogens is 682 g/mol. The van der Waals surface area contributed by atoms with Gasteiger partial charge in [0.05, 0.1) is 25.4 Å². The predicted octanol–water partition coefficient (Wildman–Crippen LogP) is 9.34. The zero-order chi connectivity index (χ0) is 39.5. The fraction of sp³-hybridized carbons (Fsp3) is 0.933. The first-order valence-corrected chi connectivity index (χ1v) is 22.9. The Balaban J connectivity index is 2.27. The Morgan fingerprint density at radius 3 is 1.56 bits per heavy atom. The molecule has 320 valence electrons. The van der Waals surface area contributed by atoms with Crippen LogP contribution in [0.1, 0.15) is 213 Å². The Morgan fingerprint density at radius 2 is 1.06 bits per heavy atom. The van der Waals surface area contributed by atoms with E-state index in [1.165, 1.54) is 128 Å². The quantitative estimate of drug-likeness (QED) is 0.0269. The van der Waals surface area contributed by atoms with Gasteiger partial charge in [-0.05, 0) is 32.1 Å². The van der Waals surface area contributed by atoms with Gasteiger partial charge in [-0.1, -0.05) is 187 Å². The van der Waals surface area contributed by atoms with E-state index >= 15 is 0 Å². The van der Waals surface area contributed by atoms with E-state index in [0.29, 0.717) is 12.8 Å². The van der Waals surface area contributed by atoms with E-state index in [1.807, 2.05) is 0 Å². The van der Waals surface area contributed by atoms with Crippen molar-refractivity contribution >= 4 is 5.91 Å². The van der Waals surface area contributed by atoms with Crippen molar-refractivity contribution in [1.29, 1.82) is 0 Å². The molecule has 1 rings (SSSR count). The van der Waals surface area contributed by atoms with Gasteiger partial charge in [-0.3, -0.25) is 4.79 Å². The van der Waals surface area contributed by atoms with Gasteiger partial charge in [0.15, 0.2) is 6.29 Å². The highest BCUT2D eigenvalue weighted by atomic mass is 16.7. The van der Waals surface area contributed by atoms with Crippen LogP contribution in [0.3, 0.4) is 0 Å². The Morgan fingerprint density at radius 1 is 0.611 bits per heavy atom. The lowest BCUT2D eigenvalue weighted by Crippen LogP contribution is -2.60. The Labute approximate surface area is 331 Å². The number of aliphatic hydroxyl groups is 5. The van der Waals surface area contributed by atoms with E-state index in [2.05, 4.69) is 31.3 Å². The summed E-state index contributed by atoms with van der Waals surface area (Å²) in [6, 6.07) is -0.719.